The molecule has 0 aromatic heterocycles. The molecule has 1 aromatic carbocycles. The molecule has 0 aliphatic heterocycles. The molecule has 4 heteroatoms. The molecular formula is C13H18N2OS. The predicted octanol–water partition coefficient (Wildman–Crippen LogP) is 1.72. The van der Waals surface area contributed by atoms with E-state index in [0.717, 1.165) is 6.42 Å². The van der Waals surface area contributed by atoms with Crippen LogP contribution in [0.15, 0.2) is 24.3 Å². The number of hydrogen-bond donors (Lipinski definition) is 2. The lowest BCUT2D eigenvalue weighted by molar-refractivity contribution is -0.121. The third-order valence-corrected chi connectivity index (χ3v) is 2.88. The molecule has 3 N–H and O–H groups in total. The Morgan fingerprint density at radius 1 is 1.53 bits per heavy atom. The summed E-state index contributed by atoms with van der Waals surface area (Å²) in [4.78, 5) is 11.9. The van der Waals surface area contributed by atoms with Crippen molar-refractivity contribution in [3.63, 3.8) is 0 Å². The molecule has 17 heavy (non-hydrogen) atoms. The van der Waals surface area contributed by atoms with Crippen LogP contribution in [0.2, 0.25) is 0 Å². The second-order valence-corrected chi connectivity index (χ2v) is 4.65. The lowest BCUT2D eigenvalue weighted by Crippen LogP contribution is -2.41. The van der Waals surface area contributed by atoms with Gasteiger partial charge in [0.2, 0.25) is 5.91 Å². The number of nitrogens with two attached hydrogens (primary N) is 1. The summed E-state index contributed by atoms with van der Waals surface area (Å²) in [5.41, 5.74) is 7.81. The van der Waals surface area contributed by atoms with Crippen LogP contribution in [0.1, 0.15) is 24.5 Å². The zero-order valence-corrected chi connectivity index (χ0v) is 11.0. The Kier molecular flexibility index (Phi) is 5.10. The van der Waals surface area contributed by atoms with Gasteiger partial charge in [0.25, 0.3) is 0 Å². The van der Waals surface area contributed by atoms with Crippen LogP contribution >= 0.6 is 12.2 Å². The summed E-state index contributed by atoms with van der Waals surface area (Å²) >= 11 is 4.79. The maximum atomic E-state index is 11.6. The lowest BCUT2D eigenvalue weighted by atomic mass is 10.1. The van der Waals surface area contributed by atoms with Gasteiger partial charge < -0.3 is 11.1 Å². The molecule has 0 aliphatic carbocycles. The van der Waals surface area contributed by atoms with Crippen LogP contribution in [0.5, 0.6) is 0 Å². The number of carbonyl (C=O) groups is 1. The molecule has 1 amide bonds. The second-order valence-electron chi connectivity index (χ2n) is 4.18. The largest absolute Gasteiger partial charge is 0.392 e. The van der Waals surface area contributed by atoms with Crippen molar-refractivity contribution in [3.05, 3.63) is 35.4 Å². The average Bonchev–Trinajstić information content (AvgIpc) is 2.26. The molecular weight excluding hydrogens is 232 g/mol. The zero-order chi connectivity index (χ0) is 12.8. The summed E-state index contributed by atoms with van der Waals surface area (Å²) in [6.45, 7) is 3.82. The number of aryl methyl sites for hydroxylation is 2. The van der Waals surface area contributed by atoms with Crippen molar-refractivity contribution in [2.24, 2.45) is 5.73 Å². The third kappa shape index (κ3) is 4.95. The van der Waals surface area contributed by atoms with E-state index in [2.05, 4.69) is 11.4 Å². The van der Waals surface area contributed by atoms with Gasteiger partial charge in [-0.3, -0.25) is 4.79 Å². The number of carbonyl (C=O) groups excluding carboxylic acids is 1. The molecule has 1 atom stereocenters. The van der Waals surface area contributed by atoms with E-state index in [1.807, 2.05) is 25.1 Å². The molecule has 0 bridgehead atoms. The van der Waals surface area contributed by atoms with Crippen LogP contribution in [0.4, 0.5) is 0 Å². The smallest absolute Gasteiger partial charge is 0.220 e. The zero-order valence-electron chi connectivity index (χ0n) is 10.2. The topological polar surface area (TPSA) is 55.1 Å². The van der Waals surface area contributed by atoms with Gasteiger partial charge >= 0.3 is 0 Å². The van der Waals surface area contributed by atoms with Crippen molar-refractivity contribution < 1.29 is 4.79 Å². The molecule has 0 aliphatic rings. The van der Waals surface area contributed by atoms with E-state index in [0.29, 0.717) is 11.4 Å². The van der Waals surface area contributed by atoms with Gasteiger partial charge in [-0.2, -0.15) is 0 Å². The van der Waals surface area contributed by atoms with Gasteiger partial charge in [0.1, 0.15) is 0 Å². The van der Waals surface area contributed by atoms with Crippen molar-refractivity contribution >= 4 is 23.1 Å². The van der Waals surface area contributed by atoms with E-state index < -0.39 is 0 Å². The third-order valence-electron chi connectivity index (χ3n) is 2.53. The SMILES string of the molecule is Cc1cccc(CCC(=O)NC(C)C(N)=S)c1. The monoisotopic (exact) mass is 250 g/mol. The number of nitrogens with one attached hydrogen (secondary N) is 1. The molecule has 3 nitrogen and oxygen atoms in total. The molecule has 1 aromatic rings. The fourth-order valence-corrected chi connectivity index (χ4v) is 1.57. The Balaban J connectivity index is 2.41. The number of benzene rings is 1. The van der Waals surface area contributed by atoms with E-state index in [1.54, 1.807) is 6.92 Å². The molecule has 1 rings (SSSR count). The molecule has 0 spiro atoms. The minimum Gasteiger partial charge on any atom is -0.392 e. The van der Waals surface area contributed by atoms with Crippen molar-refractivity contribution in [2.45, 2.75) is 32.7 Å². The predicted molar refractivity (Wildman–Crippen MR) is 73.9 cm³/mol. The normalized spacial score (nSPS) is 11.9. The highest BCUT2D eigenvalue weighted by atomic mass is 32.1. The summed E-state index contributed by atoms with van der Waals surface area (Å²) in [6, 6.07) is 7.91. The van der Waals surface area contributed by atoms with Crippen LogP contribution in [0.25, 0.3) is 0 Å². The first-order chi connectivity index (χ1) is 7.99. The lowest BCUT2D eigenvalue weighted by Gasteiger charge is -2.11. The van der Waals surface area contributed by atoms with Gasteiger partial charge in [-0.25, -0.2) is 0 Å². The van der Waals surface area contributed by atoms with Crippen molar-refractivity contribution in [1.82, 2.24) is 5.32 Å². The van der Waals surface area contributed by atoms with E-state index in [4.69, 9.17) is 18.0 Å². The van der Waals surface area contributed by atoms with E-state index in [1.165, 1.54) is 11.1 Å². The summed E-state index contributed by atoms with van der Waals surface area (Å²) in [5.74, 6) is -0.0215. The quantitative estimate of drug-likeness (QED) is 0.782. The van der Waals surface area contributed by atoms with Gasteiger partial charge in [-0.15, -0.1) is 0 Å². The fourth-order valence-electron chi connectivity index (χ4n) is 1.51. The minimum atomic E-state index is -0.241. The van der Waals surface area contributed by atoms with Gasteiger partial charge in [0.05, 0.1) is 11.0 Å². The number of thiocarbonyl (C=S) groups is 1. The second kappa shape index (κ2) is 6.35. The molecule has 1 unspecified atom stereocenters. The number of hydrogen-bond acceptors (Lipinski definition) is 2. The molecule has 0 saturated heterocycles. The van der Waals surface area contributed by atoms with Crippen molar-refractivity contribution in [1.29, 1.82) is 0 Å². The molecule has 92 valence electrons. The number of rotatable bonds is 5. The van der Waals surface area contributed by atoms with Gasteiger partial charge in [-0.05, 0) is 25.8 Å². The highest BCUT2D eigenvalue weighted by Crippen LogP contribution is 2.06. The van der Waals surface area contributed by atoms with Crippen LogP contribution in [0, 0.1) is 6.92 Å². The first-order valence-electron chi connectivity index (χ1n) is 5.63. The molecule has 0 heterocycles. The average molecular weight is 250 g/mol. The van der Waals surface area contributed by atoms with Gasteiger partial charge in [0.15, 0.2) is 0 Å². The molecule has 0 fully saturated rings. The van der Waals surface area contributed by atoms with Crippen molar-refractivity contribution in [3.8, 4) is 0 Å². The highest BCUT2D eigenvalue weighted by molar-refractivity contribution is 7.80. The summed E-state index contributed by atoms with van der Waals surface area (Å²) < 4.78 is 0. The van der Waals surface area contributed by atoms with E-state index >= 15 is 0 Å². The van der Waals surface area contributed by atoms with E-state index in [9.17, 15) is 4.79 Å². The first kappa shape index (κ1) is 13.6. The van der Waals surface area contributed by atoms with Crippen molar-refractivity contribution in [2.75, 3.05) is 0 Å². The van der Waals surface area contributed by atoms with Gasteiger partial charge in [-0.1, -0.05) is 42.0 Å². The van der Waals surface area contributed by atoms with Crippen LogP contribution in [-0.4, -0.2) is 16.9 Å². The molecule has 0 saturated carbocycles. The Morgan fingerprint density at radius 3 is 2.82 bits per heavy atom. The van der Waals surface area contributed by atoms with E-state index in [-0.39, 0.29) is 11.9 Å². The van der Waals surface area contributed by atoms with Gasteiger partial charge in [0, 0.05) is 6.42 Å². The number of amides is 1. The first-order valence-corrected chi connectivity index (χ1v) is 6.04. The Hall–Kier alpha value is -1.42. The van der Waals surface area contributed by atoms with Crippen LogP contribution in [-0.2, 0) is 11.2 Å². The fraction of sp³-hybridized carbons (Fsp3) is 0.385. The van der Waals surface area contributed by atoms with Crippen LogP contribution in [0.3, 0.4) is 0 Å². The summed E-state index contributed by atoms with van der Waals surface area (Å²) in [7, 11) is 0. The summed E-state index contributed by atoms with van der Waals surface area (Å²) in [5, 5.41) is 2.76. The highest BCUT2D eigenvalue weighted by Gasteiger charge is 2.09. The Labute approximate surface area is 107 Å². The Bertz CT molecular complexity index is 418. The minimum absolute atomic E-state index is 0.0215. The maximum Gasteiger partial charge on any atom is 0.220 e. The van der Waals surface area contributed by atoms with Crippen LogP contribution < -0.4 is 11.1 Å². The molecule has 0 radical (unpaired) electrons. The standard InChI is InChI=1S/C13H18N2OS/c1-9-4-3-5-11(8-9)6-7-12(16)15-10(2)13(14)17/h3-5,8,10H,6-7H2,1-2H3,(H2,14,17)(H,15,16). The summed E-state index contributed by atoms with van der Waals surface area (Å²) in [6.07, 6.45) is 1.19. The Morgan fingerprint density at radius 2 is 2.24 bits per heavy atom. The maximum absolute atomic E-state index is 11.6.